The lowest BCUT2D eigenvalue weighted by Gasteiger charge is -2.39. The maximum atomic E-state index is 11.8. The third-order valence-corrected chi connectivity index (χ3v) is 5.15. The molecule has 3 N–H and O–H groups in total. The van der Waals surface area contributed by atoms with Crippen LogP contribution in [0.15, 0.2) is 0 Å². The second-order valence-corrected chi connectivity index (χ2v) is 6.86. The molecule has 0 aromatic carbocycles. The molecule has 18 heavy (non-hydrogen) atoms. The minimum Gasteiger partial charge on any atom is -0.384 e. The summed E-state index contributed by atoms with van der Waals surface area (Å²) in [4.78, 5) is 11.8. The number of methoxy groups -OCH3 is 1. The summed E-state index contributed by atoms with van der Waals surface area (Å²) >= 11 is 1.92. The molecule has 2 aliphatic rings. The molecule has 2 rings (SSSR count). The molecule has 2 saturated carbocycles. The summed E-state index contributed by atoms with van der Waals surface area (Å²) in [5.74, 6) is 0.839. The average molecular weight is 272 g/mol. The van der Waals surface area contributed by atoms with E-state index in [1.807, 2.05) is 11.8 Å². The predicted molar refractivity (Wildman–Crippen MR) is 74.7 cm³/mol. The number of hydrogen-bond acceptors (Lipinski definition) is 4. The molecule has 2 aliphatic carbocycles. The third-order valence-electron chi connectivity index (χ3n) is 3.88. The lowest BCUT2D eigenvalue weighted by atomic mass is 9.80. The highest BCUT2D eigenvalue weighted by molar-refractivity contribution is 7.99. The van der Waals surface area contributed by atoms with Crippen LogP contribution in [0.4, 0.5) is 0 Å². The van der Waals surface area contributed by atoms with Crippen LogP contribution in [0.2, 0.25) is 0 Å². The Morgan fingerprint density at radius 1 is 1.50 bits per heavy atom. The quantitative estimate of drug-likeness (QED) is 0.685. The molecule has 0 aliphatic heterocycles. The molecule has 0 heterocycles. The summed E-state index contributed by atoms with van der Waals surface area (Å²) in [6, 6.07) is 0.528. The van der Waals surface area contributed by atoms with Gasteiger partial charge in [0.25, 0.3) is 0 Å². The third kappa shape index (κ3) is 3.62. The minimum absolute atomic E-state index is 0.161. The van der Waals surface area contributed by atoms with Crippen molar-refractivity contribution in [1.29, 1.82) is 0 Å². The molecule has 4 nitrogen and oxygen atoms in total. The summed E-state index contributed by atoms with van der Waals surface area (Å²) < 4.78 is 5.08. The van der Waals surface area contributed by atoms with Gasteiger partial charge in [0.2, 0.25) is 5.91 Å². The average Bonchev–Trinajstić information content (AvgIpc) is 3.13. The van der Waals surface area contributed by atoms with E-state index in [0.29, 0.717) is 11.3 Å². The normalized spacial score (nSPS) is 32.4. The van der Waals surface area contributed by atoms with Crippen LogP contribution >= 0.6 is 11.8 Å². The first kappa shape index (κ1) is 14.2. The number of nitrogens with two attached hydrogens (primary N) is 1. The predicted octanol–water partition coefficient (Wildman–Crippen LogP) is 1.28. The highest BCUT2D eigenvalue weighted by atomic mass is 32.2. The van der Waals surface area contributed by atoms with Gasteiger partial charge < -0.3 is 15.8 Å². The van der Waals surface area contributed by atoms with E-state index in [2.05, 4.69) is 5.32 Å². The highest BCUT2D eigenvalue weighted by Crippen LogP contribution is 2.37. The fourth-order valence-corrected chi connectivity index (χ4v) is 4.04. The number of ether oxygens (including phenoxy) is 1. The smallest absolute Gasteiger partial charge is 0.237 e. The number of rotatable bonds is 7. The Balaban J connectivity index is 1.90. The standard InChI is InChI=1S/C13H24N2O2S/c1-17-7-8-18-11-3-2-6-13(9-11,12(14)16)15-10-4-5-10/h10-11,15H,2-9H2,1H3,(H2,14,16). The maximum Gasteiger partial charge on any atom is 0.237 e. The van der Waals surface area contributed by atoms with Gasteiger partial charge in [-0.3, -0.25) is 4.79 Å². The van der Waals surface area contributed by atoms with E-state index in [4.69, 9.17) is 10.5 Å². The lowest BCUT2D eigenvalue weighted by Crippen LogP contribution is -2.59. The Morgan fingerprint density at radius 3 is 2.89 bits per heavy atom. The second-order valence-electron chi connectivity index (χ2n) is 5.45. The Kier molecular flexibility index (Phi) is 4.92. The van der Waals surface area contributed by atoms with Crippen LogP contribution in [0.1, 0.15) is 38.5 Å². The fourth-order valence-electron chi connectivity index (χ4n) is 2.71. The molecule has 0 aromatic heterocycles. The van der Waals surface area contributed by atoms with Crippen LogP contribution in [0, 0.1) is 0 Å². The molecule has 104 valence electrons. The van der Waals surface area contributed by atoms with Crippen molar-refractivity contribution in [2.75, 3.05) is 19.5 Å². The van der Waals surface area contributed by atoms with Crippen LogP contribution in [0.25, 0.3) is 0 Å². The number of thioether (sulfide) groups is 1. The molecule has 5 heteroatoms. The van der Waals surface area contributed by atoms with Crippen molar-refractivity contribution >= 4 is 17.7 Å². The molecule has 0 spiro atoms. The van der Waals surface area contributed by atoms with E-state index >= 15 is 0 Å². The molecule has 0 bridgehead atoms. The van der Waals surface area contributed by atoms with Gasteiger partial charge in [0.05, 0.1) is 12.1 Å². The monoisotopic (exact) mass is 272 g/mol. The van der Waals surface area contributed by atoms with Crippen LogP contribution in [0.5, 0.6) is 0 Å². The maximum absolute atomic E-state index is 11.8. The SMILES string of the molecule is COCCSC1CCCC(NC2CC2)(C(N)=O)C1. The number of nitrogens with one attached hydrogen (secondary N) is 1. The van der Waals surface area contributed by atoms with Gasteiger partial charge >= 0.3 is 0 Å². The first-order valence-electron chi connectivity index (χ1n) is 6.84. The van der Waals surface area contributed by atoms with E-state index in [0.717, 1.165) is 31.6 Å². The lowest BCUT2D eigenvalue weighted by molar-refractivity contribution is -0.125. The summed E-state index contributed by atoms with van der Waals surface area (Å²) in [5.41, 5.74) is 5.22. The van der Waals surface area contributed by atoms with Gasteiger partial charge in [-0.1, -0.05) is 0 Å². The van der Waals surface area contributed by atoms with E-state index in [9.17, 15) is 4.79 Å². The number of primary amides is 1. The molecular formula is C13H24N2O2S. The fraction of sp³-hybridized carbons (Fsp3) is 0.923. The highest BCUT2D eigenvalue weighted by Gasteiger charge is 2.44. The number of amides is 1. The van der Waals surface area contributed by atoms with Gasteiger partial charge in [-0.05, 0) is 38.5 Å². The Labute approximate surface area is 113 Å². The molecule has 0 saturated heterocycles. The van der Waals surface area contributed by atoms with Crippen molar-refractivity contribution in [1.82, 2.24) is 5.32 Å². The zero-order chi connectivity index (χ0) is 13.0. The van der Waals surface area contributed by atoms with Gasteiger partial charge in [-0.25, -0.2) is 0 Å². The van der Waals surface area contributed by atoms with Crippen molar-refractivity contribution in [2.45, 2.75) is 55.4 Å². The number of carbonyl (C=O) groups is 1. The summed E-state index contributed by atoms with van der Waals surface area (Å²) in [5, 5.41) is 4.04. The van der Waals surface area contributed by atoms with Crippen LogP contribution in [-0.2, 0) is 9.53 Å². The first-order chi connectivity index (χ1) is 8.66. The molecule has 0 radical (unpaired) electrons. The summed E-state index contributed by atoms with van der Waals surface area (Å²) in [6.45, 7) is 0.779. The van der Waals surface area contributed by atoms with Gasteiger partial charge in [-0.15, -0.1) is 0 Å². The minimum atomic E-state index is -0.440. The topological polar surface area (TPSA) is 64.3 Å². The van der Waals surface area contributed by atoms with Gasteiger partial charge in [0.15, 0.2) is 0 Å². The van der Waals surface area contributed by atoms with E-state index in [1.165, 1.54) is 19.3 Å². The molecule has 2 atom stereocenters. The molecule has 1 amide bonds. The van der Waals surface area contributed by atoms with Gasteiger partial charge in [-0.2, -0.15) is 11.8 Å². The van der Waals surface area contributed by atoms with Crippen LogP contribution in [-0.4, -0.2) is 42.2 Å². The zero-order valence-corrected chi connectivity index (χ0v) is 11.9. The molecule has 2 fully saturated rings. The second kappa shape index (κ2) is 6.26. The summed E-state index contributed by atoms with van der Waals surface area (Å²) in [6.07, 6.45) is 6.45. The Morgan fingerprint density at radius 2 is 2.28 bits per heavy atom. The van der Waals surface area contributed by atoms with E-state index in [-0.39, 0.29) is 5.91 Å². The van der Waals surface area contributed by atoms with Crippen molar-refractivity contribution < 1.29 is 9.53 Å². The first-order valence-corrected chi connectivity index (χ1v) is 7.89. The van der Waals surface area contributed by atoms with E-state index < -0.39 is 5.54 Å². The van der Waals surface area contributed by atoms with Gasteiger partial charge in [0.1, 0.15) is 0 Å². The van der Waals surface area contributed by atoms with Crippen LogP contribution in [0.3, 0.4) is 0 Å². The van der Waals surface area contributed by atoms with Gasteiger partial charge in [0, 0.05) is 24.2 Å². The number of hydrogen-bond donors (Lipinski definition) is 2. The van der Waals surface area contributed by atoms with Crippen molar-refractivity contribution in [3.8, 4) is 0 Å². The number of carbonyl (C=O) groups excluding carboxylic acids is 1. The molecular weight excluding hydrogens is 248 g/mol. The largest absolute Gasteiger partial charge is 0.384 e. The molecule has 0 aromatic rings. The summed E-state index contributed by atoms with van der Waals surface area (Å²) in [7, 11) is 1.73. The van der Waals surface area contributed by atoms with Crippen molar-refractivity contribution in [2.24, 2.45) is 5.73 Å². The van der Waals surface area contributed by atoms with Crippen molar-refractivity contribution in [3.05, 3.63) is 0 Å². The van der Waals surface area contributed by atoms with Crippen LogP contribution < -0.4 is 11.1 Å². The van der Waals surface area contributed by atoms with Crippen molar-refractivity contribution in [3.63, 3.8) is 0 Å². The zero-order valence-electron chi connectivity index (χ0n) is 11.1. The van der Waals surface area contributed by atoms with E-state index in [1.54, 1.807) is 7.11 Å². The Bertz CT molecular complexity index is 297. The Hall–Kier alpha value is -0.260. The molecule has 2 unspecified atom stereocenters.